The highest BCUT2D eigenvalue weighted by Crippen LogP contribution is 2.23. The molecule has 0 saturated heterocycles. The highest BCUT2D eigenvalue weighted by molar-refractivity contribution is 14.1. The van der Waals surface area contributed by atoms with Gasteiger partial charge in [-0.15, -0.1) is 0 Å². The summed E-state index contributed by atoms with van der Waals surface area (Å²) in [7, 11) is 3.47. The molecular weight excluding hydrogens is 331 g/mol. The van der Waals surface area contributed by atoms with E-state index < -0.39 is 0 Å². The fraction of sp³-hybridized carbons (Fsp3) is 0.250. The molecule has 0 nitrogen and oxygen atoms in total. The molecule has 0 amide bonds. The van der Waals surface area contributed by atoms with Crippen molar-refractivity contribution >= 4 is 48.8 Å². The van der Waals surface area contributed by atoms with Gasteiger partial charge >= 0.3 is 0 Å². The van der Waals surface area contributed by atoms with Crippen molar-refractivity contribution in [2.24, 2.45) is 0 Å². The number of hydrogen-bond acceptors (Lipinski definition) is 0. The van der Waals surface area contributed by atoms with E-state index in [4.69, 9.17) is 0 Å². The smallest absolute Gasteiger partial charge is 0.0340 e. The Morgan fingerprint density at radius 1 is 1.45 bits per heavy atom. The number of halogens is 2. The van der Waals surface area contributed by atoms with Gasteiger partial charge in [0.2, 0.25) is 0 Å². The third-order valence-corrected chi connectivity index (χ3v) is 4.25. The molecular formula is C8H7BrISi. The third kappa shape index (κ3) is 2.56. The van der Waals surface area contributed by atoms with Crippen LogP contribution >= 0.6 is 38.5 Å². The van der Waals surface area contributed by atoms with E-state index in [1.54, 1.807) is 0 Å². The molecule has 0 saturated carbocycles. The minimum Gasteiger partial charge on any atom is -0.0609 e. The second-order valence-electron chi connectivity index (χ2n) is 2.21. The molecule has 11 heavy (non-hydrogen) atoms. The standard InChI is InChI=1S/C8H7BrISi/c9-8-6(4-5-11)2-1-3-7(8)10/h1-3H,4-5H2. The van der Waals surface area contributed by atoms with Gasteiger partial charge in [0.1, 0.15) is 0 Å². The number of aryl methyl sites for hydroxylation is 1. The summed E-state index contributed by atoms with van der Waals surface area (Å²) in [6, 6.07) is 7.34. The lowest BCUT2D eigenvalue weighted by Crippen LogP contribution is -1.87. The zero-order valence-electron chi connectivity index (χ0n) is 5.90. The lowest BCUT2D eigenvalue weighted by Gasteiger charge is -2.03. The fourth-order valence-electron chi connectivity index (χ4n) is 0.876. The molecule has 0 aliphatic carbocycles. The Morgan fingerprint density at radius 3 is 2.82 bits per heavy atom. The van der Waals surface area contributed by atoms with Crippen LogP contribution in [-0.2, 0) is 6.42 Å². The highest BCUT2D eigenvalue weighted by atomic mass is 127. The lowest BCUT2D eigenvalue weighted by atomic mass is 10.2. The predicted molar refractivity (Wildman–Crippen MR) is 61.1 cm³/mol. The van der Waals surface area contributed by atoms with Gasteiger partial charge in [0, 0.05) is 18.3 Å². The summed E-state index contributed by atoms with van der Waals surface area (Å²) in [6.07, 6.45) is 1.08. The van der Waals surface area contributed by atoms with Crippen LogP contribution in [0.1, 0.15) is 5.56 Å². The van der Waals surface area contributed by atoms with E-state index in [0.717, 1.165) is 12.5 Å². The Morgan fingerprint density at radius 2 is 2.18 bits per heavy atom. The molecule has 0 aromatic heterocycles. The van der Waals surface area contributed by atoms with Crippen LogP contribution in [0.3, 0.4) is 0 Å². The molecule has 1 rings (SSSR count). The van der Waals surface area contributed by atoms with E-state index in [1.165, 1.54) is 13.6 Å². The second-order valence-corrected chi connectivity index (χ2v) is 4.67. The molecule has 0 spiro atoms. The zero-order chi connectivity index (χ0) is 8.27. The lowest BCUT2D eigenvalue weighted by molar-refractivity contribution is 1.12. The number of rotatable bonds is 2. The minimum atomic E-state index is 1.01. The van der Waals surface area contributed by atoms with Gasteiger partial charge in [0.25, 0.3) is 0 Å². The van der Waals surface area contributed by atoms with Crippen LogP contribution in [0, 0.1) is 3.57 Å². The molecule has 0 N–H and O–H groups in total. The van der Waals surface area contributed by atoms with Gasteiger partial charge in [-0.3, -0.25) is 0 Å². The summed E-state index contributed by atoms with van der Waals surface area (Å²) in [4.78, 5) is 0. The quantitative estimate of drug-likeness (QED) is 0.574. The van der Waals surface area contributed by atoms with Crippen molar-refractivity contribution in [3.8, 4) is 0 Å². The first-order valence-electron chi connectivity index (χ1n) is 3.33. The summed E-state index contributed by atoms with van der Waals surface area (Å²) in [5.74, 6) is 0. The Kier molecular flexibility index (Phi) is 4.09. The van der Waals surface area contributed by atoms with Gasteiger partial charge in [-0.2, -0.15) is 0 Å². The summed E-state index contributed by atoms with van der Waals surface area (Å²) in [5.41, 5.74) is 1.37. The van der Waals surface area contributed by atoms with Gasteiger partial charge < -0.3 is 0 Å². The van der Waals surface area contributed by atoms with E-state index in [1.807, 2.05) is 0 Å². The average molecular weight is 338 g/mol. The minimum absolute atomic E-state index is 1.01. The van der Waals surface area contributed by atoms with Crippen molar-refractivity contribution in [2.45, 2.75) is 12.5 Å². The topological polar surface area (TPSA) is 0 Å². The Balaban J connectivity index is 2.96. The van der Waals surface area contributed by atoms with Gasteiger partial charge in [-0.05, 0) is 56.6 Å². The molecule has 1 aromatic carbocycles. The second kappa shape index (κ2) is 4.62. The Labute approximate surface area is 92.5 Å². The molecule has 0 atom stereocenters. The van der Waals surface area contributed by atoms with E-state index >= 15 is 0 Å². The predicted octanol–water partition coefficient (Wildman–Crippen LogP) is 3.18. The van der Waals surface area contributed by atoms with E-state index in [9.17, 15) is 0 Å². The van der Waals surface area contributed by atoms with Crippen molar-refractivity contribution in [3.63, 3.8) is 0 Å². The van der Waals surface area contributed by atoms with Crippen molar-refractivity contribution in [1.82, 2.24) is 0 Å². The maximum atomic E-state index is 3.55. The molecule has 57 valence electrons. The van der Waals surface area contributed by atoms with E-state index in [2.05, 4.69) is 67.0 Å². The molecule has 0 fully saturated rings. The van der Waals surface area contributed by atoms with Gasteiger partial charge in [-0.1, -0.05) is 18.2 Å². The first-order chi connectivity index (χ1) is 5.25. The van der Waals surface area contributed by atoms with Crippen molar-refractivity contribution < 1.29 is 0 Å². The molecule has 0 heterocycles. The maximum Gasteiger partial charge on any atom is 0.0340 e. The Hall–Kier alpha value is 0.647. The molecule has 1 aromatic rings. The normalized spacial score (nSPS) is 10.1. The highest BCUT2D eigenvalue weighted by Gasteiger charge is 2.00. The summed E-state index contributed by atoms with van der Waals surface area (Å²) in [5, 5.41) is 0. The molecule has 0 aliphatic heterocycles. The van der Waals surface area contributed by atoms with Crippen LogP contribution in [0.15, 0.2) is 22.7 Å². The third-order valence-electron chi connectivity index (χ3n) is 1.43. The maximum absolute atomic E-state index is 3.55. The summed E-state index contributed by atoms with van der Waals surface area (Å²) in [6.45, 7) is 0. The molecule has 3 radical (unpaired) electrons. The van der Waals surface area contributed by atoms with E-state index in [0.29, 0.717) is 0 Å². The van der Waals surface area contributed by atoms with Crippen LogP contribution in [0.25, 0.3) is 0 Å². The summed E-state index contributed by atoms with van der Waals surface area (Å²) < 4.78 is 2.51. The zero-order valence-corrected chi connectivity index (χ0v) is 10.6. The van der Waals surface area contributed by atoms with Crippen LogP contribution in [-0.4, -0.2) is 10.2 Å². The van der Waals surface area contributed by atoms with Gasteiger partial charge in [0.05, 0.1) is 0 Å². The monoisotopic (exact) mass is 337 g/mol. The first kappa shape index (κ1) is 9.73. The summed E-state index contributed by atoms with van der Waals surface area (Å²) >= 11 is 5.88. The van der Waals surface area contributed by atoms with Crippen molar-refractivity contribution in [3.05, 3.63) is 31.8 Å². The van der Waals surface area contributed by atoms with Crippen LogP contribution in [0.4, 0.5) is 0 Å². The molecule has 0 unspecified atom stereocenters. The molecule has 0 bridgehead atoms. The van der Waals surface area contributed by atoms with Crippen molar-refractivity contribution in [1.29, 1.82) is 0 Å². The van der Waals surface area contributed by atoms with Crippen LogP contribution in [0.2, 0.25) is 6.04 Å². The van der Waals surface area contributed by atoms with E-state index in [-0.39, 0.29) is 0 Å². The van der Waals surface area contributed by atoms with Gasteiger partial charge in [-0.25, -0.2) is 0 Å². The number of benzene rings is 1. The number of hydrogen-bond donors (Lipinski definition) is 0. The fourth-order valence-corrected chi connectivity index (χ4v) is 2.16. The first-order valence-corrected chi connectivity index (χ1v) is 5.91. The molecule has 3 heteroatoms. The van der Waals surface area contributed by atoms with Crippen LogP contribution < -0.4 is 0 Å². The van der Waals surface area contributed by atoms with Gasteiger partial charge in [0.15, 0.2) is 0 Å². The molecule has 0 aliphatic rings. The van der Waals surface area contributed by atoms with Crippen molar-refractivity contribution in [2.75, 3.05) is 0 Å². The SMILES string of the molecule is [Si]CCc1cccc(I)c1Br. The largest absolute Gasteiger partial charge is 0.0609 e. The average Bonchev–Trinajstić information content (AvgIpc) is 1.99. The Bertz CT molecular complexity index is 250. The van der Waals surface area contributed by atoms with Crippen LogP contribution in [0.5, 0.6) is 0 Å².